The Labute approximate surface area is 138 Å². The summed E-state index contributed by atoms with van der Waals surface area (Å²) < 4.78 is 27.3. The molecule has 24 heavy (non-hydrogen) atoms. The van der Waals surface area contributed by atoms with Crippen molar-refractivity contribution in [1.29, 1.82) is 0 Å². The Morgan fingerprint density at radius 3 is 2.25 bits per heavy atom. The van der Waals surface area contributed by atoms with E-state index in [2.05, 4.69) is 0 Å². The van der Waals surface area contributed by atoms with Crippen molar-refractivity contribution in [2.75, 3.05) is 11.9 Å². The predicted molar refractivity (Wildman–Crippen MR) is 89.6 cm³/mol. The highest BCUT2D eigenvalue weighted by molar-refractivity contribution is 5.73. The number of halogens is 2. The van der Waals surface area contributed by atoms with Crippen LogP contribution >= 0.6 is 0 Å². The van der Waals surface area contributed by atoms with E-state index < -0.39 is 23.1 Å². The SMILES string of the molecule is CN(c1cccc(-c2cccc(O)c2F)c1)c1ccc(F)c(O)c1. The molecule has 3 rings (SSSR count). The van der Waals surface area contributed by atoms with Crippen LogP contribution in [0, 0.1) is 11.6 Å². The van der Waals surface area contributed by atoms with E-state index in [9.17, 15) is 19.0 Å². The van der Waals surface area contributed by atoms with Crippen molar-refractivity contribution in [2.24, 2.45) is 0 Å². The topological polar surface area (TPSA) is 43.7 Å². The van der Waals surface area contributed by atoms with E-state index >= 15 is 0 Å². The lowest BCUT2D eigenvalue weighted by molar-refractivity contribution is 0.432. The molecule has 0 aliphatic carbocycles. The summed E-state index contributed by atoms with van der Waals surface area (Å²) in [4.78, 5) is 1.74. The van der Waals surface area contributed by atoms with E-state index in [0.717, 1.165) is 5.69 Å². The molecule has 0 aromatic heterocycles. The second-order valence-electron chi connectivity index (χ2n) is 5.38. The molecule has 5 heteroatoms. The Morgan fingerprint density at radius 2 is 1.50 bits per heavy atom. The minimum atomic E-state index is -0.692. The van der Waals surface area contributed by atoms with Gasteiger partial charge in [-0.2, -0.15) is 0 Å². The fourth-order valence-electron chi connectivity index (χ4n) is 2.48. The van der Waals surface area contributed by atoms with Gasteiger partial charge in [0.1, 0.15) is 0 Å². The zero-order valence-corrected chi connectivity index (χ0v) is 12.9. The number of hydrogen-bond donors (Lipinski definition) is 2. The first kappa shape index (κ1) is 15.8. The summed E-state index contributed by atoms with van der Waals surface area (Å²) in [5, 5.41) is 19.0. The fraction of sp³-hybridized carbons (Fsp3) is 0.0526. The zero-order valence-electron chi connectivity index (χ0n) is 12.9. The third-order valence-corrected chi connectivity index (χ3v) is 3.84. The summed E-state index contributed by atoms with van der Waals surface area (Å²) in [7, 11) is 1.75. The van der Waals surface area contributed by atoms with Gasteiger partial charge in [0.05, 0.1) is 0 Å². The molecular weight excluding hydrogens is 312 g/mol. The molecule has 0 heterocycles. The van der Waals surface area contributed by atoms with Crippen LogP contribution in [-0.2, 0) is 0 Å². The molecule has 122 valence electrons. The van der Waals surface area contributed by atoms with Gasteiger partial charge in [0, 0.05) is 30.1 Å². The van der Waals surface area contributed by atoms with E-state index in [0.29, 0.717) is 11.3 Å². The Morgan fingerprint density at radius 1 is 0.792 bits per heavy atom. The number of aromatic hydroxyl groups is 2. The van der Waals surface area contributed by atoms with Crippen LogP contribution in [-0.4, -0.2) is 17.3 Å². The van der Waals surface area contributed by atoms with Crippen LogP contribution in [0.4, 0.5) is 20.2 Å². The Bertz CT molecular complexity index is 896. The minimum Gasteiger partial charge on any atom is -0.505 e. The van der Waals surface area contributed by atoms with Gasteiger partial charge in [-0.3, -0.25) is 0 Å². The molecule has 0 bridgehead atoms. The largest absolute Gasteiger partial charge is 0.505 e. The molecular formula is C19H15F2NO2. The van der Waals surface area contributed by atoms with E-state index in [1.165, 1.54) is 24.3 Å². The van der Waals surface area contributed by atoms with Crippen molar-refractivity contribution in [2.45, 2.75) is 0 Å². The van der Waals surface area contributed by atoms with Crippen molar-refractivity contribution in [1.82, 2.24) is 0 Å². The number of rotatable bonds is 3. The molecule has 2 N–H and O–H groups in total. The molecule has 0 unspecified atom stereocenters. The molecule has 0 saturated heterocycles. The predicted octanol–water partition coefficient (Wildman–Crippen LogP) is 4.81. The van der Waals surface area contributed by atoms with Gasteiger partial charge in [0.25, 0.3) is 0 Å². The van der Waals surface area contributed by atoms with Gasteiger partial charge in [-0.05, 0) is 35.9 Å². The molecule has 3 nitrogen and oxygen atoms in total. The van der Waals surface area contributed by atoms with Gasteiger partial charge in [-0.15, -0.1) is 0 Å². The maximum Gasteiger partial charge on any atom is 0.172 e. The van der Waals surface area contributed by atoms with Crippen LogP contribution in [0.5, 0.6) is 11.5 Å². The molecule has 0 spiro atoms. The van der Waals surface area contributed by atoms with Crippen molar-refractivity contribution in [3.05, 3.63) is 72.3 Å². The fourth-order valence-corrected chi connectivity index (χ4v) is 2.48. The number of hydrogen-bond acceptors (Lipinski definition) is 3. The van der Waals surface area contributed by atoms with Gasteiger partial charge < -0.3 is 15.1 Å². The molecule has 3 aromatic rings. The first-order valence-electron chi connectivity index (χ1n) is 7.27. The normalized spacial score (nSPS) is 10.6. The number of anilines is 2. The second-order valence-corrected chi connectivity index (χ2v) is 5.38. The molecule has 0 radical (unpaired) electrons. The van der Waals surface area contributed by atoms with E-state index in [-0.39, 0.29) is 5.56 Å². The molecule has 0 atom stereocenters. The van der Waals surface area contributed by atoms with E-state index in [1.54, 1.807) is 42.3 Å². The number of phenols is 2. The average molecular weight is 327 g/mol. The van der Waals surface area contributed by atoms with Crippen molar-refractivity contribution in [3.8, 4) is 22.6 Å². The van der Waals surface area contributed by atoms with E-state index in [4.69, 9.17) is 0 Å². The molecule has 0 aliphatic heterocycles. The monoisotopic (exact) mass is 327 g/mol. The lowest BCUT2D eigenvalue weighted by Crippen LogP contribution is -2.09. The summed E-state index contributed by atoms with van der Waals surface area (Å²) in [5.41, 5.74) is 2.19. The summed E-state index contributed by atoms with van der Waals surface area (Å²) in [5.74, 6) is -2.22. The quantitative estimate of drug-likeness (QED) is 0.725. The Balaban J connectivity index is 2.01. The standard InChI is InChI=1S/C19H15F2NO2/c1-22(14-8-9-16(20)18(24)11-14)13-5-2-4-12(10-13)15-6-3-7-17(23)19(15)21/h2-11,23-24H,1H3. The van der Waals surface area contributed by atoms with Crippen molar-refractivity contribution >= 4 is 11.4 Å². The van der Waals surface area contributed by atoms with Crippen LogP contribution in [0.15, 0.2) is 60.7 Å². The number of phenolic OH excluding ortho intramolecular Hbond substituents is 2. The maximum atomic E-state index is 14.1. The summed E-state index contributed by atoms with van der Waals surface area (Å²) in [6, 6.07) is 15.5. The van der Waals surface area contributed by atoms with Crippen LogP contribution in [0.3, 0.4) is 0 Å². The van der Waals surface area contributed by atoms with Crippen LogP contribution in [0.2, 0.25) is 0 Å². The smallest absolute Gasteiger partial charge is 0.172 e. The van der Waals surface area contributed by atoms with Gasteiger partial charge in [0.2, 0.25) is 0 Å². The van der Waals surface area contributed by atoms with Gasteiger partial charge in [0.15, 0.2) is 23.1 Å². The molecule has 0 saturated carbocycles. The highest BCUT2D eigenvalue weighted by atomic mass is 19.1. The summed E-state index contributed by atoms with van der Waals surface area (Å²) >= 11 is 0. The summed E-state index contributed by atoms with van der Waals surface area (Å²) in [6.07, 6.45) is 0. The number of nitrogens with zero attached hydrogens (tertiary/aromatic N) is 1. The zero-order chi connectivity index (χ0) is 17.3. The number of benzene rings is 3. The highest BCUT2D eigenvalue weighted by Crippen LogP contribution is 2.33. The first-order valence-corrected chi connectivity index (χ1v) is 7.27. The molecule has 0 fully saturated rings. The summed E-state index contributed by atoms with van der Waals surface area (Å²) in [6.45, 7) is 0. The Kier molecular flexibility index (Phi) is 4.08. The van der Waals surface area contributed by atoms with Crippen LogP contribution in [0.25, 0.3) is 11.1 Å². The van der Waals surface area contributed by atoms with Crippen LogP contribution < -0.4 is 4.90 Å². The van der Waals surface area contributed by atoms with Crippen molar-refractivity contribution in [3.63, 3.8) is 0 Å². The maximum absolute atomic E-state index is 14.1. The Hall–Kier alpha value is -3.08. The molecule has 0 amide bonds. The average Bonchev–Trinajstić information content (AvgIpc) is 2.59. The van der Waals surface area contributed by atoms with Crippen molar-refractivity contribution < 1.29 is 19.0 Å². The lowest BCUT2D eigenvalue weighted by Gasteiger charge is -2.20. The van der Waals surface area contributed by atoms with E-state index in [1.807, 2.05) is 6.07 Å². The third kappa shape index (κ3) is 2.88. The van der Waals surface area contributed by atoms with Gasteiger partial charge in [-0.25, -0.2) is 8.78 Å². The third-order valence-electron chi connectivity index (χ3n) is 3.84. The molecule has 0 aliphatic rings. The van der Waals surface area contributed by atoms with Gasteiger partial charge in [-0.1, -0.05) is 24.3 Å². The lowest BCUT2D eigenvalue weighted by atomic mass is 10.0. The van der Waals surface area contributed by atoms with Gasteiger partial charge >= 0.3 is 0 Å². The first-order chi connectivity index (χ1) is 11.5. The van der Waals surface area contributed by atoms with Crippen LogP contribution in [0.1, 0.15) is 0 Å². The molecule has 3 aromatic carbocycles. The highest BCUT2D eigenvalue weighted by Gasteiger charge is 2.12. The second kappa shape index (κ2) is 6.20. The minimum absolute atomic E-state index is 0.284.